The molecule has 0 aliphatic carbocycles. The second-order valence-electron chi connectivity index (χ2n) is 12.3. The van der Waals surface area contributed by atoms with Crippen LogP contribution >= 0.6 is 38.0 Å². The molecule has 0 unspecified atom stereocenters. The number of nitrogens with zero attached hydrogens (tertiary/aromatic N) is 3. The molecular formula is C45H38Br2Cl2N6P2. The second kappa shape index (κ2) is 20.7. The molecule has 12 heteroatoms. The van der Waals surface area contributed by atoms with E-state index in [9.17, 15) is 0 Å². The van der Waals surface area contributed by atoms with Crippen LogP contribution in [0.25, 0.3) is 0 Å². The first-order chi connectivity index (χ1) is 27.0. The topological polar surface area (TPSA) is 88.8 Å². The quantitative estimate of drug-likeness (QED) is 0.183. The van der Waals surface area contributed by atoms with E-state index in [1.165, 1.54) is 0 Å². The standard InChI is InChI=1S/C39H34N6P2.C6H4Cl2.2BrH/c40-37-41-38(44-46(31-19-7-1-8-20-31,32-21-9-2-10-22-32)33-23-11-3-12-24-33)43-39(42-37)45-47(34-25-13-4-14-26-34,35-27-15-5-16-28-35)36-29-17-6-18-30-36;7-5-3-1-2-4-6(5)8;;/h1-30H,(H4,40,41,42,43,44,45);1-4H;2*1H/q+2;;;/p-2. The molecule has 4 N–H and O–H groups in total. The molecule has 7 aromatic carbocycles. The molecule has 8 aromatic rings. The average Bonchev–Trinajstić information content (AvgIpc) is 3.25. The highest BCUT2D eigenvalue weighted by Gasteiger charge is 2.49. The van der Waals surface area contributed by atoms with E-state index in [0.717, 1.165) is 31.8 Å². The molecule has 0 saturated carbocycles. The Hall–Kier alpha value is -4.65. The number of benzene rings is 7. The van der Waals surface area contributed by atoms with Crippen LogP contribution < -0.4 is 81.7 Å². The number of nitrogen functional groups attached to an aromatic ring is 1. The first-order valence-electron chi connectivity index (χ1n) is 17.6. The summed E-state index contributed by atoms with van der Waals surface area (Å²) >= 11 is 11.2. The van der Waals surface area contributed by atoms with Gasteiger partial charge in [-0.15, -0.1) is 0 Å². The van der Waals surface area contributed by atoms with Gasteiger partial charge >= 0.3 is 0 Å². The first kappa shape index (κ1) is 43.5. The molecule has 0 amide bonds. The maximum Gasteiger partial charge on any atom is 0.262 e. The summed E-state index contributed by atoms with van der Waals surface area (Å²) in [5.74, 6) is 0.930. The normalized spacial score (nSPS) is 10.8. The van der Waals surface area contributed by atoms with Crippen molar-refractivity contribution in [3.8, 4) is 0 Å². The second-order valence-corrected chi connectivity index (χ2v) is 19.4. The summed E-state index contributed by atoms with van der Waals surface area (Å²) < 4.78 is 0. The van der Waals surface area contributed by atoms with Crippen molar-refractivity contribution in [2.24, 2.45) is 0 Å². The van der Waals surface area contributed by atoms with E-state index in [4.69, 9.17) is 33.9 Å². The van der Waals surface area contributed by atoms with Crippen molar-refractivity contribution in [2.75, 3.05) is 15.9 Å². The lowest BCUT2D eigenvalue weighted by Crippen LogP contribution is -3.00. The number of anilines is 3. The zero-order valence-corrected chi connectivity index (χ0v) is 36.9. The number of rotatable bonds is 10. The fourth-order valence-corrected chi connectivity index (χ4v) is 13.8. The molecule has 1 aromatic heterocycles. The number of hydrogen-bond donors (Lipinski definition) is 3. The fraction of sp³-hybridized carbons (Fsp3) is 0. The van der Waals surface area contributed by atoms with Crippen molar-refractivity contribution in [3.63, 3.8) is 0 Å². The van der Waals surface area contributed by atoms with Crippen LogP contribution in [0.1, 0.15) is 0 Å². The Bertz CT molecular complexity index is 2070. The van der Waals surface area contributed by atoms with Crippen molar-refractivity contribution in [1.82, 2.24) is 15.0 Å². The Balaban J connectivity index is 0.000000555. The largest absolute Gasteiger partial charge is 1.00 e. The zero-order chi connectivity index (χ0) is 37.9. The Labute approximate surface area is 366 Å². The summed E-state index contributed by atoms with van der Waals surface area (Å²) in [6.45, 7) is 0. The number of halogens is 4. The average molecular weight is 956 g/mol. The molecule has 1 heterocycles. The summed E-state index contributed by atoms with van der Waals surface area (Å²) in [6, 6.07) is 70.3. The van der Waals surface area contributed by atoms with Gasteiger partial charge in [-0.25, -0.2) is 10.2 Å². The SMILES string of the molecule is Clc1ccccc1Cl.Nc1nc(N[P+](c2ccccc2)(c2ccccc2)c2ccccc2)nc(N[P+](c2ccccc2)(c2ccccc2)c2ccccc2)n1.[Br-].[Br-]. The van der Waals surface area contributed by atoms with E-state index in [-0.39, 0.29) is 39.9 Å². The van der Waals surface area contributed by atoms with Gasteiger partial charge in [0.2, 0.25) is 20.8 Å². The Kier molecular flexibility index (Phi) is 15.8. The molecule has 57 heavy (non-hydrogen) atoms. The van der Waals surface area contributed by atoms with E-state index in [1.54, 1.807) is 12.1 Å². The van der Waals surface area contributed by atoms with E-state index in [0.29, 0.717) is 21.9 Å². The summed E-state index contributed by atoms with van der Waals surface area (Å²) in [7, 11) is -5.03. The third-order valence-corrected chi connectivity index (χ3v) is 17.1. The van der Waals surface area contributed by atoms with Crippen molar-refractivity contribution in [1.29, 1.82) is 0 Å². The summed E-state index contributed by atoms with van der Waals surface area (Å²) in [6.07, 6.45) is 0. The predicted octanol–water partition coefficient (Wildman–Crippen LogP) is 3.10. The van der Waals surface area contributed by atoms with Crippen LogP contribution in [0.15, 0.2) is 206 Å². The highest BCUT2D eigenvalue weighted by Crippen LogP contribution is 2.56. The molecular weight excluding hydrogens is 917 g/mol. The highest BCUT2D eigenvalue weighted by atomic mass is 79.9. The summed E-state index contributed by atoms with van der Waals surface area (Å²) in [5, 5.41) is 15.8. The van der Waals surface area contributed by atoms with Gasteiger partial charge in [0.1, 0.15) is 31.8 Å². The van der Waals surface area contributed by atoms with Crippen LogP contribution in [-0.2, 0) is 0 Å². The number of hydrogen-bond acceptors (Lipinski definition) is 6. The maximum atomic E-state index is 6.51. The lowest BCUT2D eigenvalue weighted by molar-refractivity contribution is -0.00100. The molecule has 8 rings (SSSR count). The summed E-state index contributed by atoms with van der Waals surface area (Å²) in [4.78, 5) is 14.5. The van der Waals surface area contributed by atoms with Crippen LogP contribution in [0.3, 0.4) is 0 Å². The molecule has 0 aliphatic heterocycles. The van der Waals surface area contributed by atoms with E-state index < -0.39 is 14.8 Å². The van der Waals surface area contributed by atoms with E-state index in [2.05, 4.69) is 166 Å². The molecule has 0 bridgehead atoms. The van der Waals surface area contributed by atoms with Gasteiger partial charge in [-0.2, -0.15) is 15.0 Å². The van der Waals surface area contributed by atoms with E-state index in [1.807, 2.05) is 48.5 Å². The first-order valence-corrected chi connectivity index (χ1v) is 21.9. The van der Waals surface area contributed by atoms with Gasteiger partial charge in [-0.3, -0.25) is 0 Å². The summed E-state index contributed by atoms with van der Waals surface area (Å²) in [5.41, 5.74) is 6.51. The lowest BCUT2D eigenvalue weighted by Gasteiger charge is -2.28. The monoisotopic (exact) mass is 952 g/mol. The minimum absolute atomic E-state index is 0. The minimum Gasteiger partial charge on any atom is -1.00 e. The van der Waals surface area contributed by atoms with Crippen LogP contribution in [0, 0.1) is 0 Å². The van der Waals surface area contributed by atoms with Gasteiger partial charge in [0.15, 0.2) is 0 Å². The highest BCUT2D eigenvalue weighted by molar-refractivity contribution is 7.97. The Morgan fingerprint density at radius 3 is 0.754 bits per heavy atom. The van der Waals surface area contributed by atoms with Gasteiger partial charge in [0, 0.05) is 0 Å². The molecule has 286 valence electrons. The van der Waals surface area contributed by atoms with E-state index >= 15 is 0 Å². The predicted molar refractivity (Wildman–Crippen MR) is 238 cm³/mol. The Morgan fingerprint density at radius 1 is 0.333 bits per heavy atom. The minimum atomic E-state index is -2.52. The van der Waals surface area contributed by atoms with Crippen LogP contribution in [0.4, 0.5) is 17.8 Å². The van der Waals surface area contributed by atoms with Gasteiger partial charge in [0.25, 0.3) is 11.9 Å². The van der Waals surface area contributed by atoms with Gasteiger partial charge < -0.3 is 39.7 Å². The zero-order valence-electron chi connectivity index (χ0n) is 30.5. The number of aromatic nitrogens is 3. The van der Waals surface area contributed by atoms with Gasteiger partial charge in [-0.05, 0) is 84.9 Å². The fourth-order valence-electron chi connectivity index (χ4n) is 6.42. The van der Waals surface area contributed by atoms with Crippen molar-refractivity contribution < 1.29 is 34.0 Å². The molecule has 0 fully saturated rings. The van der Waals surface area contributed by atoms with Crippen molar-refractivity contribution in [3.05, 3.63) is 216 Å². The molecule has 0 saturated heterocycles. The molecule has 0 spiro atoms. The third-order valence-electron chi connectivity index (χ3n) is 8.87. The van der Waals surface area contributed by atoms with Crippen LogP contribution in [-0.4, -0.2) is 15.0 Å². The van der Waals surface area contributed by atoms with Gasteiger partial charge in [-0.1, -0.05) is 145 Å². The smallest absolute Gasteiger partial charge is 0.262 e. The Morgan fingerprint density at radius 2 is 0.544 bits per heavy atom. The van der Waals surface area contributed by atoms with Crippen molar-refractivity contribution in [2.45, 2.75) is 0 Å². The van der Waals surface area contributed by atoms with Crippen LogP contribution in [0.5, 0.6) is 0 Å². The van der Waals surface area contributed by atoms with Gasteiger partial charge in [0.05, 0.1) is 10.0 Å². The molecule has 0 atom stereocenters. The van der Waals surface area contributed by atoms with Crippen LogP contribution in [0.2, 0.25) is 10.0 Å². The maximum absolute atomic E-state index is 6.51. The molecule has 6 nitrogen and oxygen atoms in total. The third kappa shape index (κ3) is 9.91. The number of nitrogens with two attached hydrogens (primary N) is 1. The van der Waals surface area contributed by atoms with Crippen molar-refractivity contribution >= 4 is 87.7 Å². The molecule has 0 aliphatic rings. The number of nitrogens with one attached hydrogen (secondary N) is 2. The molecule has 0 radical (unpaired) electrons. The lowest BCUT2D eigenvalue weighted by atomic mass is 10.4.